The monoisotopic (exact) mass is 234 g/mol. The van der Waals surface area contributed by atoms with E-state index in [-0.39, 0.29) is 11.5 Å². The Kier molecular flexibility index (Phi) is 2.88. The fraction of sp³-hybridized carbons (Fsp3) is 0.385. The summed E-state index contributed by atoms with van der Waals surface area (Å²) >= 11 is 0. The molecule has 0 spiro atoms. The molecular weight excluding hydrogens is 220 g/mol. The molecular formula is C13H14O4. The maximum absolute atomic E-state index is 11.1. The van der Waals surface area contributed by atoms with Gasteiger partial charge < -0.3 is 10.2 Å². The molecule has 1 saturated carbocycles. The van der Waals surface area contributed by atoms with Crippen molar-refractivity contribution in [3.05, 3.63) is 34.9 Å². The number of hydrogen-bond acceptors (Lipinski definition) is 2. The predicted molar refractivity (Wildman–Crippen MR) is 61.4 cm³/mol. The molecule has 0 aromatic heterocycles. The zero-order valence-corrected chi connectivity index (χ0v) is 9.51. The number of allylic oxidation sites excluding steroid dienone is 3. The Morgan fingerprint density at radius 3 is 2.53 bits per heavy atom. The standard InChI is InChI=1S/C13H14O4/c1-2-7-3-9-4-8(7)5-10(9)11(13(16)17)6-12(14)15/h2,5-6,8-9H,3-4H2,1H3,(H,14,15)(H,16,17)/b7-2?,11-6+. The van der Waals surface area contributed by atoms with Gasteiger partial charge in [0.05, 0.1) is 5.57 Å². The summed E-state index contributed by atoms with van der Waals surface area (Å²) in [5.74, 6) is -1.89. The Morgan fingerprint density at radius 1 is 1.41 bits per heavy atom. The maximum Gasteiger partial charge on any atom is 0.336 e. The van der Waals surface area contributed by atoms with Gasteiger partial charge in [0.2, 0.25) is 0 Å². The summed E-state index contributed by atoms with van der Waals surface area (Å²) in [5.41, 5.74) is 1.95. The summed E-state index contributed by atoms with van der Waals surface area (Å²) in [7, 11) is 0. The van der Waals surface area contributed by atoms with Crippen LogP contribution in [0.5, 0.6) is 0 Å². The molecule has 2 aliphatic carbocycles. The van der Waals surface area contributed by atoms with Crippen LogP contribution in [0.25, 0.3) is 0 Å². The highest BCUT2D eigenvalue weighted by atomic mass is 16.4. The molecule has 0 heterocycles. The van der Waals surface area contributed by atoms with Gasteiger partial charge in [-0.15, -0.1) is 0 Å². The van der Waals surface area contributed by atoms with E-state index in [1.54, 1.807) is 0 Å². The lowest BCUT2D eigenvalue weighted by Crippen LogP contribution is -2.11. The quantitative estimate of drug-likeness (QED) is 0.578. The highest BCUT2D eigenvalue weighted by Gasteiger charge is 2.38. The Hall–Kier alpha value is -1.84. The third kappa shape index (κ3) is 2.02. The zero-order chi connectivity index (χ0) is 12.6. The smallest absolute Gasteiger partial charge is 0.336 e. The number of carboxylic acid groups (broad SMARTS) is 2. The number of carbonyl (C=O) groups is 2. The van der Waals surface area contributed by atoms with Crippen molar-refractivity contribution in [2.45, 2.75) is 19.8 Å². The van der Waals surface area contributed by atoms with Crippen molar-refractivity contribution in [2.75, 3.05) is 0 Å². The third-order valence-corrected chi connectivity index (χ3v) is 3.50. The molecule has 4 nitrogen and oxygen atoms in total. The van der Waals surface area contributed by atoms with E-state index in [0.717, 1.165) is 18.9 Å². The van der Waals surface area contributed by atoms with Crippen molar-refractivity contribution < 1.29 is 19.8 Å². The maximum atomic E-state index is 11.1. The molecule has 2 aliphatic rings. The van der Waals surface area contributed by atoms with Gasteiger partial charge in [-0.3, -0.25) is 0 Å². The van der Waals surface area contributed by atoms with Gasteiger partial charge in [-0.05, 0) is 37.2 Å². The van der Waals surface area contributed by atoms with Crippen LogP contribution >= 0.6 is 0 Å². The molecule has 4 heteroatoms. The van der Waals surface area contributed by atoms with E-state index in [1.165, 1.54) is 5.57 Å². The Labute approximate surface area is 98.9 Å². The van der Waals surface area contributed by atoms with E-state index >= 15 is 0 Å². The van der Waals surface area contributed by atoms with Crippen LogP contribution in [-0.4, -0.2) is 22.2 Å². The van der Waals surface area contributed by atoms with Crippen molar-refractivity contribution in [2.24, 2.45) is 11.8 Å². The molecule has 2 bridgehead atoms. The molecule has 0 aromatic carbocycles. The van der Waals surface area contributed by atoms with E-state index < -0.39 is 11.9 Å². The summed E-state index contributed by atoms with van der Waals surface area (Å²) in [6.07, 6.45) is 6.55. The van der Waals surface area contributed by atoms with Crippen molar-refractivity contribution in [3.63, 3.8) is 0 Å². The molecule has 0 radical (unpaired) electrons. The van der Waals surface area contributed by atoms with Gasteiger partial charge in [0.1, 0.15) is 0 Å². The molecule has 2 atom stereocenters. The molecule has 2 N–H and O–H groups in total. The van der Waals surface area contributed by atoms with Crippen LogP contribution in [0.2, 0.25) is 0 Å². The van der Waals surface area contributed by atoms with E-state index in [2.05, 4.69) is 6.08 Å². The topological polar surface area (TPSA) is 74.6 Å². The molecule has 0 saturated heterocycles. The zero-order valence-electron chi connectivity index (χ0n) is 9.51. The first-order valence-electron chi connectivity index (χ1n) is 5.58. The van der Waals surface area contributed by atoms with E-state index in [1.807, 2.05) is 13.0 Å². The average Bonchev–Trinajstić information content (AvgIpc) is 2.83. The minimum atomic E-state index is -1.21. The molecule has 0 amide bonds. The minimum Gasteiger partial charge on any atom is -0.478 e. The lowest BCUT2D eigenvalue weighted by Gasteiger charge is -2.15. The predicted octanol–water partition coefficient (Wildman–Crippen LogP) is 1.99. The largest absolute Gasteiger partial charge is 0.478 e. The lowest BCUT2D eigenvalue weighted by atomic mass is 9.89. The first kappa shape index (κ1) is 11.6. The Morgan fingerprint density at radius 2 is 2.12 bits per heavy atom. The normalized spacial score (nSPS) is 29.6. The molecule has 17 heavy (non-hydrogen) atoms. The Bertz CT molecular complexity index is 468. The minimum absolute atomic E-state index is 0.0693. The number of hydrogen-bond donors (Lipinski definition) is 2. The lowest BCUT2D eigenvalue weighted by molar-refractivity contribution is -0.134. The Balaban J connectivity index is 2.34. The third-order valence-electron chi connectivity index (χ3n) is 3.50. The van der Waals surface area contributed by atoms with Crippen LogP contribution < -0.4 is 0 Å². The van der Waals surface area contributed by atoms with Crippen molar-refractivity contribution in [3.8, 4) is 0 Å². The van der Waals surface area contributed by atoms with E-state index in [9.17, 15) is 9.59 Å². The van der Waals surface area contributed by atoms with Crippen LogP contribution in [0.3, 0.4) is 0 Å². The van der Waals surface area contributed by atoms with Crippen molar-refractivity contribution in [1.82, 2.24) is 0 Å². The summed E-state index contributed by atoms with van der Waals surface area (Å²) < 4.78 is 0. The van der Waals surface area contributed by atoms with Crippen LogP contribution in [0.1, 0.15) is 19.8 Å². The first-order valence-corrected chi connectivity index (χ1v) is 5.58. The second-order valence-electron chi connectivity index (χ2n) is 4.43. The van der Waals surface area contributed by atoms with Gasteiger partial charge in [0, 0.05) is 6.08 Å². The van der Waals surface area contributed by atoms with Crippen LogP contribution in [0, 0.1) is 11.8 Å². The van der Waals surface area contributed by atoms with Crippen molar-refractivity contribution >= 4 is 11.9 Å². The highest BCUT2D eigenvalue weighted by molar-refractivity contribution is 5.98. The summed E-state index contributed by atoms with van der Waals surface area (Å²) in [5, 5.41) is 17.7. The van der Waals surface area contributed by atoms with Crippen LogP contribution in [-0.2, 0) is 9.59 Å². The molecule has 1 fully saturated rings. The second kappa shape index (κ2) is 4.20. The number of rotatable bonds is 3. The first-order chi connectivity index (χ1) is 8.02. The van der Waals surface area contributed by atoms with E-state index in [0.29, 0.717) is 11.5 Å². The van der Waals surface area contributed by atoms with Gasteiger partial charge >= 0.3 is 11.9 Å². The number of carboxylic acids is 2. The average molecular weight is 234 g/mol. The highest BCUT2D eigenvalue weighted by Crippen LogP contribution is 2.49. The molecule has 2 rings (SSSR count). The van der Waals surface area contributed by atoms with Gasteiger partial charge in [0.25, 0.3) is 0 Å². The summed E-state index contributed by atoms with van der Waals surface area (Å²) in [6, 6.07) is 0. The number of fused-ring (bicyclic) bond motifs is 2. The molecule has 0 aliphatic heterocycles. The molecule has 0 aromatic rings. The van der Waals surface area contributed by atoms with E-state index in [4.69, 9.17) is 10.2 Å². The fourth-order valence-electron chi connectivity index (χ4n) is 2.78. The second-order valence-corrected chi connectivity index (χ2v) is 4.43. The summed E-state index contributed by atoms with van der Waals surface area (Å²) in [6.45, 7) is 1.98. The van der Waals surface area contributed by atoms with Crippen LogP contribution in [0.4, 0.5) is 0 Å². The number of aliphatic carboxylic acids is 2. The molecule has 2 unspecified atom stereocenters. The fourth-order valence-corrected chi connectivity index (χ4v) is 2.78. The van der Waals surface area contributed by atoms with Gasteiger partial charge in [-0.25, -0.2) is 9.59 Å². The van der Waals surface area contributed by atoms with Gasteiger partial charge in [-0.2, -0.15) is 0 Å². The molecule has 90 valence electrons. The SMILES string of the molecule is CC=C1CC2CC1C=C2/C(=C\C(=O)O)C(=O)O. The van der Waals surface area contributed by atoms with Gasteiger partial charge in [-0.1, -0.05) is 17.7 Å². The van der Waals surface area contributed by atoms with Gasteiger partial charge in [0.15, 0.2) is 0 Å². The van der Waals surface area contributed by atoms with Crippen LogP contribution in [0.15, 0.2) is 34.9 Å². The van der Waals surface area contributed by atoms with Crippen molar-refractivity contribution in [1.29, 1.82) is 0 Å². The summed E-state index contributed by atoms with van der Waals surface area (Å²) in [4.78, 5) is 21.7.